The van der Waals surface area contributed by atoms with Crippen LogP contribution in [0.1, 0.15) is 11.1 Å². The van der Waals surface area contributed by atoms with E-state index in [1.807, 2.05) is 0 Å². The van der Waals surface area contributed by atoms with Crippen LogP contribution in [0.15, 0.2) is 59.1 Å². The van der Waals surface area contributed by atoms with Gasteiger partial charge in [0.05, 0.1) is 0 Å². The molecule has 0 fully saturated rings. The average molecular weight is 359 g/mol. The summed E-state index contributed by atoms with van der Waals surface area (Å²) in [5, 5.41) is 5.43. The predicted molar refractivity (Wildman–Crippen MR) is 103 cm³/mol. The summed E-state index contributed by atoms with van der Waals surface area (Å²) in [5.74, 6) is 0. The number of fused-ring (bicyclic) bond motifs is 4. The molecule has 0 amide bonds. The van der Waals surface area contributed by atoms with Gasteiger partial charge in [-0.05, 0) is 74.8 Å². The number of halogens is 1. The van der Waals surface area contributed by atoms with Gasteiger partial charge in [0.15, 0.2) is 0 Å². The zero-order valence-electron chi connectivity index (χ0n) is 13.1. The van der Waals surface area contributed by atoms with Gasteiger partial charge >= 0.3 is 0 Å². The Balaban J connectivity index is 2.09. The molecule has 0 nitrogen and oxygen atoms in total. The number of benzene rings is 4. The molecule has 0 bridgehead atoms. The van der Waals surface area contributed by atoms with Crippen molar-refractivity contribution in [2.24, 2.45) is 0 Å². The molecule has 0 N–H and O–H groups in total. The maximum absolute atomic E-state index is 3.72. The Kier molecular flexibility index (Phi) is 2.58. The molecule has 1 aliphatic rings. The Hall–Kier alpha value is -2.12. The summed E-state index contributed by atoms with van der Waals surface area (Å²) in [6.07, 6.45) is 0. The number of aryl methyl sites for hydroxylation is 2. The molecule has 4 aromatic carbocycles. The van der Waals surface area contributed by atoms with Gasteiger partial charge in [-0.25, -0.2) is 0 Å². The Bertz CT molecular complexity index is 1080. The number of hydrogen-bond donors (Lipinski definition) is 0. The summed E-state index contributed by atoms with van der Waals surface area (Å²) < 4.78 is 1.17. The molecule has 0 unspecified atom stereocenters. The summed E-state index contributed by atoms with van der Waals surface area (Å²) in [6.45, 7) is 4.53. The van der Waals surface area contributed by atoms with Crippen LogP contribution in [0.3, 0.4) is 0 Å². The molecule has 0 spiro atoms. The Morgan fingerprint density at radius 1 is 0.609 bits per heavy atom. The molecule has 0 aromatic heterocycles. The molecule has 0 heterocycles. The smallest absolute Gasteiger partial charge is 0.0254 e. The van der Waals surface area contributed by atoms with Gasteiger partial charge < -0.3 is 0 Å². The fourth-order valence-electron chi connectivity index (χ4n) is 4.24. The lowest BCUT2D eigenvalue weighted by atomic mass is 9.89. The Labute approximate surface area is 143 Å². The molecule has 5 rings (SSSR count). The first-order chi connectivity index (χ1) is 11.2. The fourth-order valence-corrected chi connectivity index (χ4v) is 4.71. The van der Waals surface area contributed by atoms with Gasteiger partial charge in [-0.2, -0.15) is 0 Å². The second kappa shape index (κ2) is 4.46. The van der Waals surface area contributed by atoms with E-state index in [-0.39, 0.29) is 0 Å². The third kappa shape index (κ3) is 1.56. The zero-order valence-corrected chi connectivity index (χ0v) is 14.7. The number of hydrogen-bond acceptors (Lipinski definition) is 0. The van der Waals surface area contributed by atoms with E-state index in [1.54, 1.807) is 0 Å². The fraction of sp³-hybridized carbons (Fsp3) is 0.0909. The highest BCUT2D eigenvalue weighted by atomic mass is 79.9. The maximum Gasteiger partial charge on any atom is 0.0254 e. The van der Waals surface area contributed by atoms with Gasteiger partial charge in [-0.15, -0.1) is 0 Å². The maximum atomic E-state index is 3.72. The summed E-state index contributed by atoms with van der Waals surface area (Å²) >= 11 is 3.72. The largest absolute Gasteiger partial charge is 0.0616 e. The van der Waals surface area contributed by atoms with Crippen LogP contribution in [0.2, 0.25) is 0 Å². The molecule has 0 aliphatic heterocycles. The minimum absolute atomic E-state index is 1.17. The lowest BCUT2D eigenvalue weighted by molar-refractivity contribution is 1.47. The van der Waals surface area contributed by atoms with Crippen molar-refractivity contribution in [3.8, 4) is 22.3 Å². The zero-order chi connectivity index (χ0) is 15.7. The van der Waals surface area contributed by atoms with E-state index in [9.17, 15) is 0 Å². The minimum atomic E-state index is 1.17. The lowest BCUT2D eigenvalue weighted by Crippen LogP contribution is -1.90. The SMILES string of the molecule is Cc1c2c(c(C)c3ccccc13)-c1ccc(Br)c3cccc-2c13. The van der Waals surface area contributed by atoms with Gasteiger partial charge in [0.1, 0.15) is 0 Å². The van der Waals surface area contributed by atoms with Crippen molar-refractivity contribution in [3.63, 3.8) is 0 Å². The normalized spacial score (nSPS) is 12.1. The monoisotopic (exact) mass is 358 g/mol. The Morgan fingerprint density at radius 2 is 1.17 bits per heavy atom. The highest BCUT2D eigenvalue weighted by Gasteiger charge is 2.26. The first-order valence-corrected chi connectivity index (χ1v) is 8.71. The van der Waals surface area contributed by atoms with E-state index in [1.165, 1.54) is 59.4 Å². The van der Waals surface area contributed by atoms with Gasteiger partial charge in [-0.1, -0.05) is 64.5 Å². The summed E-state index contributed by atoms with van der Waals surface area (Å²) in [5.41, 5.74) is 8.36. The van der Waals surface area contributed by atoms with E-state index in [4.69, 9.17) is 0 Å². The molecule has 4 aromatic rings. The van der Waals surface area contributed by atoms with E-state index >= 15 is 0 Å². The molecule has 1 aliphatic carbocycles. The van der Waals surface area contributed by atoms with Crippen molar-refractivity contribution < 1.29 is 0 Å². The van der Waals surface area contributed by atoms with E-state index < -0.39 is 0 Å². The van der Waals surface area contributed by atoms with E-state index in [0.717, 1.165) is 0 Å². The average Bonchev–Trinajstić information content (AvgIpc) is 2.92. The molecule has 1 heteroatoms. The Morgan fingerprint density at radius 3 is 1.83 bits per heavy atom. The van der Waals surface area contributed by atoms with Crippen LogP contribution in [0.4, 0.5) is 0 Å². The van der Waals surface area contributed by atoms with Crippen molar-refractivity contribution in [2.75, 3.05) is 0 Å². The van der Waals surface area contributed by atoms with Crippen molar-refractivity contribution in [1.82, 2.24) is 0 Å². The van der Waals surface area contributed by atoms with E-state index in [2.05, 4.69) is 84.4 Å². The van der Waals surface area contributed by atoms with Crippen LogP contribution >= 0.6 is 15.9 Å². The topological polar surface area (TPSA) is 0 Å². The first kappa shape index (κ1) is 13.3. The molecule has 23 heavy (non-hydrogen) atoms. The van der Waals surface area contributed by atoms with Crippen LogP contribution in [0.5, 0.6) is 0 Å². The van der Waals surface area contributed by atoms with Gasteiger partial charge in [0.2, 0.25) is 0 Å². The van der Waals surface area contributed by atoms with Crippen LogP contribution < -0.4 is 0 Å². The molecule has 0 saturated carbocycles. The minimum Gasteiger partial charge on any atom is -0.0616 e. The van der Waals surface area contributed by atoms with Crippen LogP contribution in [0.25, 0.3) is 43.8 Å². The van der Waals surface area contributed by atoms with Gasteiger partial charge in [0, 0.05) is 4.47 Å². The van der Waals surface area contributed by atoms with Crippen LogP contribution in [0, 0.1) is 13.8 Å². The van der Waals surface area contributed by atoms with Crippen molar-refractivity contribution >= 4 is 37.5 Å². The molecule has 110 valence electrons. The highest BCUT2D eigenvalue weighted by molar-refractivity contribution is 9.10. The molecule has 0 radical (unpaired) electrons. The second-order valence-corrected chi connectivity index (χ2v) is 7.22. The standard InChI is InChI=1S/C22H15Br/c1-12-14-6-3-4-7-15(14)13(2)21-18-10-11-19(23)16-8-5-9-17(20(12)21)22(16)18/h3-11H,1-2H3. The predicted octanol–water partition coefficient (Wildman–Crippen LogP) is 7.02. The molecule has 0 saturated heterocycles. The third-order valence-electron chi connectivity index (χ3n) is 5.26. The van der Waals surface area contributed by atoms with Crippen molar-refractivity contribution in [3.05, 3.63) is 70.2 Å². The molecular weight excluding hydrogens is 344 g/mol. The van der Waals surface area contributed by atoms with Gasteiger partial charge in [0.25, 0.3) is 0 Å². The van der Waals surface area contributed by atoms with Crippen LogP contribution in [-0.4, -0.2) is 0 Å². The summed E-state index contributed by atoms with van der Waals surface area (Å²) in [7, 11) is 0. The highest BCUT2D eigenvalue weighted by Crippen LogP contribution is 2.53. The lowest BCUT2D eigenvalue weighted by Gasteiger charge is -2.14. The third-order valence-corrected chi connectivity index (χ3v) is 5.95. The van der Waals surface area contributed by atoms with Crippen LogP contribution in [-0.2, 0) is 0 Å². The van der Waals surface area contributed by atoms with Crippen molar-refractivity contribution in [1.29, 1.82) is 0 Å². The first-order valence-electron chi connectivity index (χ1n) is 7.92. The summed E-state index contributed by atoms with van der Waals surface area (Å²) in [4.78, 5) is 0. The summed E-state index contributed by atoms with van der Waals surface area (Å²) in [6, 6.07) is 19.9. The molecular formula is C22H15Br. The second-order valence-electron chi connectivity index (χ2n) is 6.37. The van der Waals surface area contributed by atoms with Gasteiger partial charge in [-0.3, -0.25) is 0 Å². The van der Waals surface area contributed by atoms with E-state index in [0.29, 0.717) is 0 Å². The van der Waals surface area contributed by atoms with Crippen molar-refractivity contribution in [2.45, 2.75) is 13.8 Å². The quantitative estimate of drug-likeness (QED) is 0.279. The number of rotatable bonds is 0. The molecule has 0 atom stereocenters.